The Hall–Kier alpha value is -0.740. The Bertz CT molecular complexity index is 514. The van der Waals surface area contributed by atoms with E-state index >= 15 is 0 Å². The summed E-state index contributed by atoms with van der Waals surface area (Å²) in [5.74, 6) is 0. The molecule has 0 spiro atoms. The van der Waals surface area contributed by atoms with E-state index in [0.717, 1.165) is 15.5 Å². The average Bonchev–Trinajstić information content (AvgIpc) is 2.32. The number of nitrogens with two attached hydrogens (primary N) is 1. The quantitative estimate of drug-likeness (QED) is 0.926. The third kappa shape index (κ3) is 3.36. The van der Waals surface area contributed by atoms with Crippen LogP contribution in [0.25, 0.3) is 0 Å². The van der Waals surface area contributed by atoms with Gasteiger partial charge in [0.1, 0.15) is 5.03 Å². The summed E-state index contributed by atoms with van der Waals surface area (Å²) < 4.78 is 0. The topological polar surface area (TPSA) is 38.9 Å². The van der Waals surface area contributed by atoms with Crippen LogP contribution < -0.4 is 5.73 Å². The van der Waals surface area contributed by atoms with Crippen LogP contribution in [-0.4, -0.2) is 4.98 Å². The number of hydrogen-bond acceptors (Lipinski definition) is 3. The lowest BCUT2D eigenvalue weighted by Crippen LogP contribution is -1.96. The maximum Gasteiger partial charge on any atom is 0.101 e. The molecule has 2 nitrogen and oxygen atoms in total. The normalized spacial score (nSPS) is 10.5. The van der Waals surface area contributed by atoms with Gasteiger partial charge in [-0.1, -0.05) is 41.0 Å². The molecule has 2 rings (SSSR count). The molecule has 88 valence electrons. The number of aromatic nitrogens is 1. The monoisotopic (exact) mass is 284 g/mol. The molecule has 0 saturated carbocycles. The number of halogens is 2. The van der Waals surface area contributed by atoms with Gasteiger partial charge in [0.05, 0.1) is 5.02 Å². The molecule has 0 amide bonds. The highest BCUT2D eigenvalue weighted by molar-refractivity contribution is 7.99. The second-order valence-corrected chi connectivity index (χ2v) is 5.31. The van der Waals surface area contributed by atoms with Crippen LogP contribution >= 0.6 is 35.0 Å². The first-order chi connectivity index (χ1) is 8.19. The number of rotatable bonds is 3. The fourth-order valence-electron chi connectivity index (χ4n) is 1.30. The maximum absolute atomic E-state index is 6.09. The standard InChI is InChI=1S/C12H10Cl2N2S/c13-9-2-4-12(16-7-9)17-10-3-1-8(6-15)11(14)5-10/h1-5,7H,6,15H2. The summed E-state index contributed by atoms with van der Waals surface area (Å²) in [5, 5.41) is 2.20. The lowest BCUT2D eigenvalue weighted by atomic mass is 10.2. The minimum absolute atomic E-state index is 0.447. The smallest absolute Gasteiger partial charge is 0.101 e. The summed E-state index contributed by atoms with van der Waals surface area (Å²) in [6.45, 7) is 0.447. The molecule has 2 N–H and O–H groups in total. The Morgan fingerprint density at radius 3 is 2.59 bits per heavy atom. The van der Waals surface area contributed by atoms with Crippen LogP contribution in [0.1, 0.15) is 5.56 Å². The second kappa shape index (κ2) is 5.74. The first-order valence-electron chi connectivity index (χ1n) is 4.97. The molecule has 2 aromatic rings. The van der Waals surface area contributed by atoms with Crippen molar-refractivity contribution in [3.05, 3.63) is 52.1 Å². The van der Waals surface area contributed by atoms with Crippen molar-refractivity contribution in [3.63, 3.8) is 0 Å². The molecule has 0 aliphatic carbocycles. The molecule has 0 atom stereocenters. The molecule has 0 bridgehead atoms. The van der Waals surface area contributed by atoms with E-state index in [4.69, 9.17) is 28.9 Å². The van der Waals surface area contributed by atoms with Crippen LogP contribution in [0.15, 0.2) is 46.5 Å². The molecule has 1 heterocycles. The van der Waals surface area contributed by atoms with Crippen LogP contribution in [0.2, 0.25) is 10.0 Å². The minimum Gasteiger partial charge on any atom is -0.326 e. The maximum atomic E-state index is 6.09. The van der Waals surface area contributed by atoms with Crippen molar-refractivity contribution >= 4 is 35.0 Å². The van der Waals surface area contributed by atoms with Gasteiger partial charge in [-0.25, -0.2) is 4.98 Å². The number of hydrogen-bond donors (Lipinski definition) is 1. The lowest BCUT2D eigenvalue weighted by Gasteiger charge is -2.04. The highest BCUT2D eigenvalue weighted by Crippen LogP contribution is 2.29. The van der Waals surface area contributed by atoms with E-state index < -0.39 is 0 Å². The molecule has 1 aromatic carbocycles. The van der Waals surface area contributed by atoms with Gasteiger partial charge in [-0.05, 0) is 29.8 Å². The molecular weight excluding hydrogens is 275 g/mol. The predicted octanol–water partition coefficient (Wildman–Crippen LogP) is 4.00. The van der Waals surface area contributed by atoms with Gasteiger partial charge in [0.2, 0.25) is 0 Å². The van der Waals surface area contributed by atoms with Gasteiger partial charge in [0.15, 0.2) is 0 Å². The highest BCUT2D eigenvalue weighted by atomic mass is 35.5. The summed E-state index contributed by atoms with van der Waals surface area (Å²) in [4.78, 5) is 5.24. The minimum atomic E-state index is 0.447. The summed E-state index contributed by atoms with van der Waals surface area (Å²) in [5.41, 5.74) is 6.50. The average molecular weight is 285 g/mol. The first kappa shape index (κ1) is 12.7. The zero-order chi connectivity index (χ0) is 12.3. The zero-order valence-corrected chi connectivity index (χ0v) is 11.2. The molecule has 0 aliphatic rings. The van der Waals surface area contributed by atoms with Crippen molar-refractivity contribution < 1.29 is 0 Å². The fraction of sp³-hybridized carbons (Fsp3) is 0.0833. The van der Waals surface area contributed by atoms with Crippen LogP contribution in [0, 0.1) is 0 Å². The SMILES string of the molecule is NCc1ccc(Sc2ccc(Cl)cn2)cc1Cl. The van der Waals surface area contributed by atoms with Crippen LogP contribution in [-0.2, 0) is 6.54 Å². The summed E-state index contributed by atoms with van der Waals surface area (Å²) in [6, 6.07) is 9.49. The van der Waals surface area contributed by atoms with E-state index in [1.807, 2.05) is 30.3 Å². The van der Waals surface area contributed by atoms with Gasteiger partial charge in [0, 0.05) is 22.7 Å². The van der Waals surface area contributed by atoms with Crippen LogP contribution in [0.3, 0.4) is 0 Å². The number of pyridine rings is 1. The van der Waals surface area contributed by atoms with Crippen molar-refractivity contribution in [1.82, 2.24) is 4.98 Å². The third-order valence-electron chi connectivity index (χ3n) is 2.17. The van der Waals surface area contributed by atoms with E-state index in [0.29, 0.717) is 16.6 Å². The molecule has 0 fully saturated rings. The van der Waals surface area contributed by atoms with Crippen LogP contribution in [0.4, 0.5) is 0 Å². The molecular formula is C12H10Cl2N2S. The Balaban J connectivity index is 2.19. The van der Waals surface area contributed by atoms with Crippen molar-refractivity contribution in [2.24, 2.45) is 5.73 Å². The summed E-state index contributed by atoms with van der Waals surface area (Å²) in [7, 11) is 0. The van der Waals surface area contributed by atoms with Crippen molar-refractivity contribution in [2.45, 2.75) is 16.5 Å². The van der Waals surface area contributed by atoms with E-state index in [9.17, 15) is 0 Å². The number of benzene rings is 1. The van der Waals surface area contributed by atoms with Crippen molar-refractivity contribution in [1.29, 1.82) is 0 Å². The summed E-state index contributed by atoms with van der Waals surface area (Å²) >= 11 is 13.4. The van der Waals surface area contributed by atoms with Gasteiger partial charge in [0.25, 0.3) is 0 Å². The van der Waals surface area contributed by atoms with Gasteiger partial charge in [-0.3, -0.25) is 0 Å². The zero-order valence-electron chi connectivity index (χ0n) is 8.86. The predicted molar refractivity (Wildman–Crippen MR) is 72.7 cm³/mol. The third-order valence-corrected chi connectivity index (χ3v) is 3.68. The Labute approximate surface area is 114 Å². The van der Waals surface area contributed by atoms with E-state index in [1.54, 1.807) is 6.20 Å². The molecule has 5 heteroatoms. The van der Waals surface area contributed by atoms with Gasteiger partial charge in [-0.2, -0.15) is 0 Å². The van der Waals surface area contributed by atoms with Gasteiger partial charge < -0.3 is 5.73 Å². The second-order valence-electron chi connectivity index (χ2n) is 3.37. The molecule has 1 aromatic heterocycles. The Morgan fingerprint density at radius 2 is 2.00 bits per heavy atom. The molecule has 17 heavy (non-hydrogen) atoms. The molecule has 0 saturated heterocycles. The molecule has 0 unspecified atom stereocenters. The van der Waals surface area contributed by atoms with Gasteiger partial charge >= 0.3 is 0 Å². The van der Waals surface area contributed by atoms with Crippen LogP contribution in [0.5, 0.6) is 0 Å². The van der Waals surface area contributed by atoms with Gasteiger partial charge in [-0.15, -0.1) is 0 Å². The largest absolute Gasteiger partial charge is 0.326 e. The Morgan fingerprint density at radius 1 is 1.18 bits per heavy atom. The van der Waals surface area contributed by atoms with Crippen molar-refractivity contribution in [2.75, 3.05) is 0 Å². The molecule has 0 radical (unpaired) electrons. The fourth-order valence-corrected chi connectivity index (χ4v) is 2.53. The van der Waals surface area contributed by atoms with E-state index in [2.05, 4.69) is 4.98 Å². The first-order valence-corrected chi connectivity index (χ1v) is 6.54. The van der Waals surface area contributed by atoms with Crippen molar-refractivity contribution in [3.8, 4) is 0 Å². The Kier molecular flexibility index (Phi) is 4.29. The lowest BCUT2D eigenvalue weighted by molar-refractivity contribution is 1.06. The van der Waals surface area contributed by atoms with E-state index in [-0.39, 0.29) is 0 Å². The highest BCUT2D eigenvalue weighted by Gasteiger charge is 2.03. The number of nitrogens with zero attached hydrogens (tertiary/aromatic N) is 1. The van der Waals surface area contributed by atoms with E-state index in [1.165, 1.54) is 11.8 Å². The molecule has 0 aliphatic heterocycles. The summed E-state index contributed by atoms with van der Waals surface area (Å²) in [6.07, 6.45) is 1.62.